The van der Waals surface area contributed by atoms with Gasteiger partial charge >= 0.3 is 0 Å². The van der Waals surface area contributed by atoms with E-state index in [1.54, 1.807) is 16.9 Å². The van der Waals surface area contributed by atoms with E-state index in [1.165, 1.54) is 0 Å². The lowest BCUT2D eigenvalue weighted by Crippen LogP contribution is -2.65. The molecule has 7 rings (SSSR count). The van der Waals surface area contributed by atoms with Crippen LogP contribution in [0.15, 0.2) is 18.5 Å². The zero-order chi connectivity index (χ0) is 23.0. The van der Waals surface area contributed by atoms with E-state index >= 15 is 0 Å². The smallest absolute Gasteiger partial charge is 0.248 e. The third-order valence-electron chi connectivity index (χ3n) is 8.35. The first-order chi connectivity index (χ1) is 15.6. The normalized spacial score (nSPS) is 32.6. The Morgan fingerprint density at radius 3 is 2.48 bits per heavy atom. The topological polar surface area (TPSA) is 85.3 Å². The minimum absolute atomic E-state index is 0.0197. The summed E-state index contributed by atoms with van der Waals surface area (Å²) < 4.78 is 42.5. The summed E-state index contributed by atoms with van der Waals surface area (Å²) in [5, 5.41) is 7.66. The molecule has 0 aliphatic heterocycles. The van der Waals surface area contributed by atoms with Crippen molar-refractivity contribution < 1.29 is 18.0 Å². The molecule has 5 aliphatic carbocycles. The fraction of sp³-hybridized carbons (Fsp3) is 0.708. The molecule has 178 valence electrons. The van der Waals surface area contributed by atoms with Gasteiger partial charge in [0.05, 0.1) is 30.2 Å². The standard InChI is InChI=1S/C24H30F3N5O/c25-23-11-22(12-23,13-23)8-19(33)31-21(15-1-2-15)16-7-18-30-17(10-32(18)29-9-16)20(28)14-3-5-24(26,27)6-4-14/h7,9-10,14-15,20-21H,1-6,8,11-13,28H2,(H,31,33)/t20-,21+,22?,23?/m0/s1. The van der Waals surface area contributed by atoms with Crippen molar-refractivity contribution in [3.05, 3.63) is 29.7 Å². The van der Waals surface area contributed by atoms with Gasteiger partial charge in [-0.1, -0.05) is 0 Å². The predicted octanol–water partition coefficient (Wildman–Crippen LogP) is 4.40. The SMILES string of the molecule is N[C@H](c1cn2ncc([C@H](NC(=O)CC34CC(F)(C3)C4)C3CC3)cc2n1)C1CCC(F)(F)CC1. The largest absolute Gasteiger partial charge is 0.349 e. The summed E-state index contributed by atoms with van der Waals surface area (Å²) in [4.78, 5) is 17.4. The lowest BCUT2D eigenvalue weighted by Gasteiger charge is -2.65. The van der Waals surface area contributed by atoms with Gasteiger partial charge < -0.3 is 11.1 Å². The summed E-state index contributed by atoms with van der Waals surface area (Å²) >= 11 is 0. The van der Waals surface area contributed by atoms with Crippen LogP contribution in [0.5, 0.6) is 0 Å². The van der Waals surface area contributed by atoms with E-state index in [1.807, 2.05) is 6.07 Å². The molecule has 1 amide bonds. The molecule has 2 bridgehead atoms. The fourth-order valence-electron chi connectivity index (χ4n) is 6.42. The number of carbonyl (C=O) groups is 1. The van der Waals surface area contributed by atoms with E-state index in [2.05, 4.69) is 15.4 Å². The first-order valence-electron chi connectivity index (χ1n) is 12.1. The molecule has 0 saturated heterocycles. The second-order valence-corrected chi connectivity index (χ2v) is 11.2. The molecule has 9 heteroatoms. The number of nitrogens with zero attached hydrogens (tertiary/aromatic N) is 3. The van der Waals surface area contributed by atoms with Crippen molar-refractivity contribution in [1.82, 2.24) is 19.9 Å². The maximum atomic E-state index is 13.8. The van der Waals surface area contributed by atoms with Crippen molar-refractivity contribution in [2.45, 2.75) is 87.9 Å². The van der Waals surface area contributed by atoms with Crippen molar-refractivity contribution in [2.75, 3.05) is 0 Å². The zero-order valence-electron chi connectivity index (χ0n) is 18.6. The van der Waals surface area contributed by atoms with Gasteiger partial charge in [-0.3, -0.25) is 4.79 Å². The molecule has 5 saturated carbocycles. The lowest BCUT2D eigenvalue weighted by molar-refractivity contribution is -0.215. The predicted molar refractivity (Wildman–Crippen MR) is 115 cm³/mol. The Kier molecular flexibility index (Phi) is 4.64. The van der Waals surface area contributed by atoms with E-state index in [0.717, 1.165) is 18.4 Å². The third kappa shape index (κ3) is 3.92. The molecule has 3 N–H and O–H groups in total. The van der Waals surface area contributed by atoms with Gasteiger partial charge in [0.2, 0.25) is 11.8 Å². The number of alkyl halides is 3. The first kappa shape index (κ1) is 21.4. The summed E-state index contributed by atoms with van der Waals surface area (Å²) in [6.07, 6.45) is 8.10. The molecular weight excluding hydrogens is 431 g/mol. The number of fused-ring (bicyclic) bond motifs is 1. The Bertz CT molecular complexity index is 1070. The summed E-state index contributed by atoms with van der Waals surface area (Å²) in [5.74, 6) is -2.25. The van der Waals surface area contributed by atoms with Crippen LogP contribution in [0.2, 0.25) is 0 Å². The van der Waals surface area contributed by atoms with Crippen LogP contribution in [0.1, 0.15) is 87.5 Å². The van der Waals surface area contributed by atoms with Gasteiger partial charge in [0.1, 0.15) is 5.67 Å². The number of nitrogens with two attached hydrogens (primary N) is 1. The highest BCUT2D eigenvalue weighted by atomic mass is 19.3. The second-order valence-electron chi connectivity index (χ2n) is 11.2. The van der Waals surface area contributed by atoms with E-state index in [9.17, 15) is 18.0 Å². The summed E-state index contributed by atoms with van der Waals surface area (Å²) in [6.45, 7) is 0. The monoisotopic (exact) mass is 461 g/mol. The Balaban J connectivity index is 1.16. The number of imidazole rings is 1. The lowest BCUT2D eigenvalue weighted by atomic mass is 9.41. The summed E-state index contributed by atoms with van der Waals surface area (Å²) in [7, 11) is 0. The fourth-order valence-corrected chi connectivity index (χ4v) is 6.42. The molecule has 2 atom stereocenters. The van der Waals surface area contributed by atoms with Crippen LogP contribution < -0.4 is 11.1 Å². The number of rotatable bonds is 7. The number of hydrogen-bond donors (Lipinski definition) is 2. The molecular formula is C24H30F3N5O. The van der Waals surface area contributed by atoms with Crippen LogP contribution in [-0.4, -0.2) is 32.1 Å². The molecule has 2 aromatic heterocycles. The van der Waals surface area contributed by atoms with Gasteiger partial charge in [-0.25, -0.2) is 22.7 Å². The Morgan fingerprint density at radius 2 is 1.85 bits per heavy atom. The number of aromatic nitrogens is 3. The molecule has 0 unspecified atom stereocenters. The number of hydrogen-bond acceptors (Lipinski definition) is 4. The van der Waals surface area contributed by atoms with Gasteiger partial charge in [-0.2, -0.15) is 5.10 Å². The molecule has 5 fully saturated rings. The highest BCUT2D eigenvalue weighted by Crippen LogP contribution is 2.71. The van der Waals surface area contributed by atoms with Gasteiger partial charge in [0, 0.05) is 19.3 Å². The van der Waals surface area contributed by atoms with E-state index in [0.29, 0.717) is 55.8 Å². The van der Waals surface area contributed by atoms with Gasteiger partial charge in [0.25, 0.3) is 0 Å². The molecule has 33 heavy (non-hydrogen) atoms. The summed E-state index contributed by atoms with van der Waals surface area (Å²) in [6, 6.07) is 1.40. The maximum Gasteiger partial charge on any atom is 0.248 e. The van der Waals surface area contributed by atoms with E-state index in [4.69, 9.17) is 5.73 Å². The minimum Gasteiger partial charge on any atom is -0.349 e. The Labute approximate surface area is 190 Å². The quantitative estimate of drug-likeness (QED) is 0.640. The van der Waals surface area contributed by atoms with Gasteiger partial charge in [0.15, 0.2) is 5.65 Å². The summed E-state index contributed by atoms with van der Waals surface area (Å²) in [5.41, 5.74) is 7.49. The Morgan fingerprint density at radius 1 is 1.15 bits per heavy atom. The number of halogens is 3. The molecule has 0 radical (unpaired) electrons. The number of carbonyl (C=O) groups excluding carboxylic acids is 1. The minimum atomic E-state index is -2.58. The number of amides is 1. The maximum absolute atomic E-state index is 13.8. The van der Waals surface area contributed by atoms with Crippen molar-refractivity contribution in [2.24, 2.45) is 23.0 Å². The number of nitrogens with one attached hydrogen (secondary N) is 1. The second kappa shape index (κ2) is 7.17. The molecule has 5 aliphatic rings. The molecule has 2 heterocycles. The average molecular weight is 462 g/mol. The van der Waals surface area contributed by atoms with Crippen molar-refractivity contribution in [3.8, 4) is 0 Å². The van der Waals surface area contributed by atoms with Crippen LogP contribution in [0.3, 0.4) is 0 Å². The molecule has 2 aromatic rings. The van der Waals surface area contributed by atoms with Crippen LogP contribution in [0.4, 0.5) is 13.2 Å². The van der Waals surface area contributed by atoms with Crippen molar-refractivity contribution in [1.29, 1.82) is 0 Å². The van der Waals surface area contributed by atoms with Gasteiger partial charge in [-0.05, 0) is 73.8 Å². The Hall–Kier alpha value is -2.16. The van der Waals surface area contributed by atoms with Crippen LogP contribution in [0.25, 0.3) is 5.65 Å². The van der Waals surface area contributed by atoms with Crippen LogP contribution in [-0.2, 0) is 4.79 Å². The van der Waals surface area contributed by atoms with Crippen molar-refractivity contribution in [3.63, 3.8) is 0 Å². The molecule has 0 aromatic carbocycles. The van der Waals surface area contributed by atoms with Crippen LogP contribution in [0, 0.1) is 17.3 Å². The van der Waals surface area contributed by atoms with Crippen molar-refractivity contribution >= 4 is 11.6 Å². The van der Waals surface area contributed by atoms with Gasteiger partial charge in [-0.15, -0.1) is 0 Å². The highest BCUT2D eigenvalue weighted by molar-refractivity contribution is 5.78. The average Bonchev–Trinajstić information content (AvgIpc) is 3.47. The molecule has 0 spiro atoms. The third-order valence-corrected chi connectivity index (χ3v) is 8.35. The zero-order valence-corrected chi connectivity index (χ0v) is 18.6. The van der Waals surface area contributed by atoms with Crippen LogP contribution >= 0.6 is 0 Å². The highest BCUT2D eigenvalue weighted by Gasteiger charge is 2.69. The molecule has 6 nitrogen and oxygen atoms in total. The van der Waals surface area contributed by atoms with E-state index < -0.39 is 17.6 Å². The first-order valence-corrected chi connectivity index (χ1v) is 12.1. The van der Waals surface area contributed by atoms with E-state index in [-0.39, 0.29) is 36.1 Å².